The van der Waals surface area contributed by atoms with E-state index in [0.717, 1.165) is 10.8 Å². The summed E-state index contributed by atoms with van der Waals surface area (Å²) in [5, 5.41) is 3.43. The number of benzene rings is 3. The zero-order chi connectivity index (χ0) is 21.5. The van der Waals surface area contributed by atoms with E-state index in [1.54, 1.807) is 12.1 Å². The van der Waals surface area contributed by atoms with Gasteiger partial charge in [0.2, 0.25) is 0 Å². The Morgan fingerprint density at radius 1 is 1.03 bits per heavy atom. The van der Waals surface area contributed by atoms with Gasteiger partial charge in [0.05, 0.1) is 10.2 Å². The fourth-order valence-electron chi connectivity index (χ4n) is 2.72. The quantitative estimate of drug-likeness (QED) is 0.351. The van der Waals surface area contributed by atoms with E-state index in [-0.39, 0.29) is 10.9 Å². The standard InChI is InChI=1S/C19H11F3N2O4S2/c20-19(21,22)30(26,27)28-15-6-3-4-11-8-9-12(10-13(11)15)17(25)24-18-23-14-5-1-2-7-16(14)29-18/h1-10H,(H,23,24,25). The fourth-order valence-corrected chi connectivity index (χ4v) is 4.06. The molecule has 11 heteroatoms. The number of hydrogen-bond acceptors (Lipinski definition) is 6. The van der Waals surface area contributed by atoms with Gasteiger partial charge >= 0.3 is 15.6 Å². The second kappa shape index (κ2) is 7.26. The van der Waals surface area contributed by atoms with Crippen molar-refractivity contribution in [1.29, 1.82) is 0 Å². The first-order valence-corrected chi connectivity index (χ1v) is 10.6. The van der Waals surface area contributed by atoms with E-state index in [0.29, 0.717) is 16.0 Å². The molecule has 0 unspecified atom stereocenters. The second-order valence-electron chi connectivity index (χ2n) is 6.12. The van der Waals surface area contributed by atoms with Gasteiger partial charge in [0, 0.05) is 10.9 Å². The summed E-state index contributed by atoms with van der Waals surface area (Å²) >= 11 is 1.27. The minimum atomic E-state index is -5.85. The SMILES string of the molecule is O=C(Nc1nc2ccccc2s1)c1ccc2cccc(OS(=O)(=O)C(F)(F)F)c2c1. The van der Waals surface area contributed by atoms with Crippen LogP contribution in [0.4, 0.5) is 18.3 Å². The molecule has 0 bridgehead atoms. The molecule has 0 radical (unpaired) electrons. The molecule has 1 amide bonds. The van der Waals surface area contributed by atoms with Crippen molar-refractivity contribution in [2.24, 2.45) is 0 Å². The number of amides is 1. The van der Waals surface area contributed by atoms with Crippen molar-refractivity contribution < 1.29 is 30.6 Å². The van der Waals surface area contributed by atoms with Crippen LogP contribution in [0.25, 0.3) is 21.0 Å². The summed E-state index contributed by atoms with van der Waals surface area (Å²) in [4.78, 5) is 16.9. The molecule has 6 nitrogen and oxygen atoms in total. The number of rotatable bonds is 4. The lowest BCUT2D eigenvalue weighted by Crippen LogP contribution is -2.28. The van der Waals surface area contributed by atoms with Crippen molar-refractivity contribution in [3.63, 3.8) is 0 Å². The van der Waals surface area contributed by atoms with Gasteiger partial charge < -0.3 is 4.18 Å². The van der Waals surface area contributed by atoms with Gasteiger partial charge in [-0.25, -0.2) is 4.98 Å². The van der Waals surface area contributed by atoms with Gasteiger partial charge in [-0.05, 0) is 35.7 Å². The van der Waals surface area contributed by atoms with E-state index in [2.05, 4.69) is 14.5 Å². The van der Waals surface area contributed by atoms with E-state index < -0.39 is 27.3 Å². The minimum absolute atomic E-state index is 0.0438. The minimum Gasteiger partial charge on any atom is -0.375 e. The first kappa shape index (κ1) is 20.1. The molecule has 0 spiro atoms. The highest BCUT2D eigenvalue weighted by atomic mass is 32.2. The third-order valence-corrected chi connectivity index (χ3v) is 6.02. The Kier molecular flexibility index (Phi) is 4.86. The van der Waals surface area contributed by atoms with Crippen molar-refractivity contribution >= 4 is 53.5 Å². The second-order valence-corrected chi connectivity index (χ2v) is 8.68. The highest BCUT2D eigenvalue weighted by Gasteiger charge is 2.48. The number of carbonyl (C=O) groups is 1. The molecule has 1 aromatic heterocycles. The molecule has 30 heavy (non-hydrogen) atoms. The van der Waals surface area contributed by atoms with E-state index in [1.807, 2.05) is 18.2 Å². The van der Waals surface area contributed by atoms with Crippen LogP contribution in [0.3, 0.4) is 0 Å². The Balaban J connectivity index is 1.67. The van der Waals surface area contributed by atoms with Crippen LogP contribution in [0.1, 0.15) is 10.4 Å². The predicted octanol–water partition coefficient (Wildman–Crippen LogP) is 4.93. The Labute approximate surface area is 172 Å². The molecule has 1 N–H and O–H groups in total. The number of nitrogens with zero attached hydrogens (tertiary/aromatic N) is 1. The summed E-state index contributed by atoms with van der Waals surface area (Å²) in [7, 11) is -5.85. The van der Waals surface area contributed by atoms with Crippen LogP contribution in [0.2, 0.25) is 0 Å². The smallest absolute Gasteiger partial charge is 0.375 e. The van der Waals surface area contributed by atoms with Crippen LogP contribution in [0.5, 0.6) is 5.75 Å². The lowest BCUT2D eigenvalue weighted by Gasteiger charge is -2.12. The molecule has 0 saturated heterocycles. The number of hydrogen-bond donors (Lipinski definition) is 1. The van der Waals surface area contributed by atoms with Crippen LogP contribution < -0.4 is 9.50 Å². The van der Waals surface area contributed by atoms with Crippen LogP contribution in [0, 0.1) is 0 Å². The molecule has 1 heterocycles. The van der Waals surface area contributed by atoms with Gasteiger partial charge in [-0.1, -0.05) is 41.7 Å². The first-order valence-electron chi connectivity index (χ1n) is 8.34. The zero-order valence-electron chi connectivity index (χ0n) is 14.8. The molecular weight excluding hydrogens is 441 g/mol. The van der Waals surface area contributed by atoms with Gasteiger partial charge in [0.1, 0.15) is 0 Å². The fraction of sp³-hybridized carbons (Fsp3) is 0.0526. The van der Waals surface area contributed by atoms with Crippen molar-refractivity contribution in [2.75, 3.05) is 5.32 Å². The molecule has 0 aliphatic heterocycles. The number of alkyl halides is 3. The van der Waals surface area contributed by atoms with Gasteiger partial charge in [-0.15, -0.1) is 0 Å². The average molecular weight is 452 g/mol. The third kappa shape index (κ3) is 3.81. The number of anilines is 1. The topological polar surface area (TPSA) is 85.4 Å². The van der Waals surface area contributed by atoms with Crippen LogP contribution >= 0.6 is 11.3 Å². The van der Waals surface area contributed by atoms with Gasteiger partial charge in [-0.2, -0.15) is 21.6 Å². The molecule has 0 atom stereocenters. The molecule has 0 aliphatic carbocycles. The van der Waals surface area contributed by atoms with E-state index >= 15 is 0 Å². The zero-order valence-corrected chi connectivity index (χ0v) is 16.4. The monoisotopic (exact) mass is 452 g/mol. The molecule has 3 aromatic carbocycles. The number of carbonyl (C=O) groups excluding carboxylic acids is 1. The van der Waals surface area contributed by atoms with Gasteiger partial charge in [0.25, 0.3) is 5.91 Å². The maximum Gasteiger partial charge on any atom is 0.534 e. The lowest BCUT2D eigenvalue weighted by atomic mass is 10.1. The van der Waals surface area contributed by atoms with Crippen LogP contribution in [-0.2, 0) is 10.1 Å². The normalized spacial score (nSPS) is 12.2. The Morgan fingerprint density at radius 3 is 2.53 bits per heavy atom. The molecule has 4 aromatic rings. The van der Waals surface area contributed by atoms with E-state index in [9.17, 15) is 26.4 Å². The Hall–Kier alpha value is -3.18. The van der Waals surface area contributed by atoms with Crippen LogP contribution in [-0.4, -0.2) is 24.8 Å². The summed E-state index contributed by atoms with van der Waals surface area (Å²) in [6.45, 7) is 0. The van der Waals surface area contributed by atoms with Crippen molar-refractivity contribution in [1.82, 2.24) is 4.98 Å². The number of aromatic nitrogens is 1. The first-order chi connectivity index (χ1) is 14.1. The maximum absolute atomic E-state index is 12.7. The molecule has 154 valence electrons. The largest absolute Gasteiger partial charge is 0.534 e. The number of thiazole rings is 1. The summed E-state index contributed by atoms with van der Waals surface area (Å²) < 4.78 is 65.9. The summed E-state index contributed by atoms with van der Waals surface area (Å²) in [6.07, 6.45) is 0. The Morgan fingerprint density at radius 2 is 1.80 bits per heavy atom. The van der Waals surface area contributed by atoms with Crippen molar-refractivity contribution in [2.45, 2.75) is 5.51 Å². The predicted molar refractivity (Wildman–Crippen MR) is 107 cm³/mol. The molecular formula is C19H11F3N2O4S2. The Bertz CT molecular complexity index is 1350. The summed E-state index contributed by atoms with van der Waals surface area (Å²) in [6, 6.07) is 15.5. The molecule has 0 saturated carbocycles. The van der Waals surface area contributed by atoms with E-state index in [1.165, 1.54) is 35.6 Å². The summed E-state index contributed by atoms with van der Waals surface area (Å²) in [5.41, 5.74) is -4.76. The van der Waals surface area contributed by atoms with Gasteiger partial charge in [-0.3, -0.25) is 10.1 Å². The van der Waals surface area contributed by atoms with Crippen molar-refractivity contribution in [3.8, 4) is 5.75 Å². The highest BCUT2D eigenvalue weighted by Crippen LogP contribution is 2.32. The molecule has 0 aliphatic rings. The highest BCUT2D eigenvalue weighted by molar-refractivity contribution is 7.88. The third-order valence-electron chi connectivity index (χ3n) is 4.10. The van der Waals surface area contributed by atoms with E-state index in [4.69, 9.17) is 0 Å². The summed E-state index contributed by atoms with van der Waals surface area (Å²) in [5.74, 6) is -1.08. The molecule has 4 rings (SSSR count). The van der Waals surface area contributed by atoms with Gasteiger partial charge in [0.15, 0.2) is 10.9 Å². The lowest BCUT2D eigenvalue weighted by molar-refractivity contribution is -0.0499. The average Bonchev–Trinajstić information content (AvgIpc) is 3.09. The number of nitrogens with one attached hydrogen (secondary N) is 1. The number of fused-ring (bicyclic) bond motifs is 2. The van der Waals surface area contributed by atoms with Crippen molar-refractivity contribution in [3.05, 3.63) is 66.2 Å². The number of halogens is 3. The maximum atomic E-state index is 12.7. The van der Waals surface area contributed by atoms with Crippen LogP contribution in [0.15, 0.2) is 60.7 Å². The molecule has 0 fully saturated rings. The number of para-hydroxylation sites is 1.